The van der Waals surface area contributed by atoms with E-state index in [1.165, 1.54) is 11.3 Å². The Hall–Kier alpha value is -1.54. The van der Waals surface area contributed by atoms with Crippen LogP contribution in [0.5, 0.6) is 0 Å². The number of nitrogens with one attached hydrogen (secondary N) is 1. The van der Waals surface area contributed by atoms with Crippen molar-refractivity contribution in [2.45, 2.75) is 31.9 Å². The summed E-state index contributed by atoms with van der Waals surface area (Å²) in [7, 11) is 0. The van der Waals surface area contributed by atoms with Gasteiger partial charge in [-0.05, 0) is 24.7 Å². The third-order valence-electron chi connectivity index (χ3n) is 4.46. The molecule has 1 aliphatic rings. The van der Waals surface area contributed by atoms with Crippen LogP contribution in [0, 0.1) is 10.9 Å². The van der Waals surface area contributed by atoms with Crippen molar-refractivity contribution in [3.8, 4) is 0 Å². The molecule has 2 aromatic rings. The number of carbonyl (C=O) groups excluding carboxylic acids is 1. The Morgan fingerprint density at radius 2 is 2.24 bits per heavy atom. The smallest absolute Gasteiger partial charge is 0.228 e. The van der Waals surface area contributed by atoms with Gasteiger partial charge in [-0.2, -0.15) is 0 Å². The van der Waals surface area contributed by atoms with Crippen LogP contribution in [0.3, 0.4) is 0 Å². The highest BCUT2D eigenvalue weighted by atomic mass is 32.1. The molecule has 5 nitrogen and oxygen atoms in total. The number of benzene rings is 1. The van der Waals surface area contributed by atoms with Crippen molar-refractivity contribution < 1.29 is 14.6 Å². The van der Waals surface area contributed by atoms with E-state index in [-0.39, 0.29) is 11.9 Å². The number of aryl methyl sites for hydroxylation is 1. The number of aliphatic hydroxyl groups is 1. The number of thiazole rings is 1. The van der Waals surface area contributed by atoms with Crippen LogP contribution in [0.25, 0.3) is 0 Å². The number of hydrogen-bond acceptors (Lipinski definition) is 5. The zero-order valence-electron chi connectivity index (χ0n) is 14.1. The molecule has 0 aliphatic carbocycles. The highest BCUT2D eigenvalue weighted by Crippen LogP contribution is 2.24. The number of rotatable bonds is 5. The lowest BCUT2D eigenvalue weighted by atomic mass is 10.0. The van der Waals surface area contributed by atoms with Crippen molar-refractivity contribution in [2.75, 3.05) is 19.8 Å². The quantitative estimate of drug-likeness (QED) is 0.785. The average molecular weight is 379 g/mol. The summed E-state index contributed by atoms with van der Waals surface area (Å²) in [4.78, 5) is 18.7. The Labute approximate surface area is 156 Å². The summed E-state index contributed by atoms with van der Waals surface area (Å²) in [6, 6.07) is 9.41. The van der Waals surface area contributed by atoms with E-state index in [0.717, 1.165) is 16.1 Å². The first-order valence-electron chi connectivity index (χ1n) is 8.33. The Bertz CT molecular complexity index is 772. The number of aromatic nitrogens is 1. The Kier molecular flexibility index (Phi) is 6.01. The molecule has 1 aromatic carbocycles. The van der Waals surface area contributed by atoms with Gasteiger partial charge in [-0.1, -0.05) is 30.3 Å². The maximum Gasteiger partial charge on any atom is 0.228 e. The van der Waals surface area contributed by atoms with Crippen molar-refractivity contribution in [1.29, 1.82) is 0 Å². The molecule has 1 saturated heterocycles. The summed E-state index contributed by atoms with van der Waals surface area (Å²) < 4.78 is 6.24. The Balaban J connectivity index is 1.69. The number of carbonyl (C=O) groups is 1. The van der Waals surface area contributed by atoms with Crippen LogP contribution >= 0.6 is 23.6 Å². The van der Waals surface area contributed by atoms with Gasteiger partial charge in [0.15, 0.2) is 3.95 Å². The van der Waals surface area contributed by atoms with Gasteiger partial charge in [0.25, 0.3) is 0 Å². The molecular weight excluding hydrogens is 356 g/mol. The lowest BCUT2D eigenvalue weighted by molar-refractivity contribution is -0.140. The Morgan fingerprint density at radius 3 is 2.92 bits per heavy atom. The number of H-pyrrole nitrogens is 1. The maximum absolute atomic E-state index is 12.8. The summed E-state index contributed by atoms with van der Waals surface area (Å²) >= 11 is 6.60. The van der Waals surface area contributed by atoms with Gasteiger partial charge in [0, 0.05) is 23.5 Å². The maximum atomic E-state index is 12.8. The van der Waals surface area contributed by atoms with E-state index in [4.69, 9.17) is 17.0 Å². The van der Waals surface area contributed by atoms with Crippen LogP contribution in [0.1, 0.15) is 28.7 Å². The van der Waals surface area contributed by atoms with Crippen LogP contribution in [0.2, 0.25) is 0 Å². The largest absolute Gasteiger partial charge is 0.388 e. The zero-order valence-corrected chi connectivity index (χ0v) is 15.7. The molecule has 1 fully saturated rings. The number of hydrogen-bond donors (Lipinski definition) is 2. The van der Waals surface area contributed by atoms with E-state index in [1.807, 2.05) is 42.2 Å². The average Bonchev–Trinajstić information content (AvgIpc) is 2.93. The van der Waals surface area contributed by atoms with Gasteiger partial charge in [-0.3, -0.25) is 4.79 Å². The molecule has 0 unspecified atom stereocenters. The molecule has 2 atom stereocenters. The van der Waals surface area contributed by atoms with Crippen LogP contribution < -0.4 is 0 Å². The number of amides is 1. The van der Waals surface area contributed by atoms with E-state index >= 15 is 0 Å². The number of nitrogens with zero attached hydrogens (tertiary/aromatic N) is 1. The molecule has 0 radical (unpaired) electrons. The lowest BCUT2D eigenvalue weighted by Crippen LogP contribution is -2.49. The minimum Gasteiger partial charge on any atom is -0.388 e. The third kappa shape index (κ3) is 4.55. The molecule has 3 rings (SSSR count). The highest BCUT2D eigenvalue weighted by Gasteiger charge is 2.30. The predicted octanol–water partition coefficient (Wildman–Crippen LogP) is 3.01. The summed E-state index contributed by atoms with van der Waals surface area (Å²) in [5.74, 6) is 0.0573. The van der Waals surface area contributed by atoms with Gasteiger partial charge < -0.3 is 19.7 Å². The second kappa shape index (κ2) is 8.23. The van der Waals surface area contributed by atoms with Crippen molar-refractivity contribution >= 4 is 29.5 Å². The number of aliphatic hydroxyl groups excluding tert-OH is 1. The van der Waals surface area contributed by atoms with Crippen molar-refractivity contribution in [1.82, 2.24) is 9.88 Å². The van der Waals surface area contributed by atoms with E-state index in [9.17, 15) is 9.90 Å². The molecule has 0 bridgehead atoms. The first-order chi connectivity index (χ1) is 12.0. The second-order valence-corrected chi connectivity index (χ2v) is 7.99. The molecule has 1 aliphatic heterocycles. The highest BCUT2D eigenvalue weighted by molar-refractivity contribution is 7.73. The van der Waals surface area contributed by atoms with E-state index in [0.29, 0.717) is 36.6 Å². The minimum absolute atomic E-state index is 0.0573. The van der Waals surface area contributed by atoms with E-state index in [1.54, 1.807) is 0 Å². The normalized spacial score (nSPS) is 19.0. The molecule has 134 valence electrons. The van der Waals surface area contributed by atoms with Crippen LogP contribution in [-0.4, -0.2) is 46.7 Å². The molecule has 0 saturated carbocycles. The summed E-state index contributed by atoms with van der Waals surface area (Å²) in [5, 5.41) is 10.5. The van der Waals surface area contributed by atoms with E-state index in [2.05, 4.69) is 4.98 Å². The van der Waals surface area contributed by atoms with Crippen LogP contribution in [0.15, 0.2) is 30.3 Å². The summed E-state index contributed by atoms with van der Waals surface area (Å²) in [6.45, 7) is 3.48. The molecule has 0 spiro atoms. The summed E-state index contributed by atoms with van der Waals surface area (Å²) in [5.41, 5.74) is 1.82. The summed E-state index contributed by atoms with van der Waals surface area (Å²) in [6.07, 6.45) is 0.193. The minimum atomic E-state index is -0.612. The van der Waals surface area contributed by atoms with Gasteiger partial charge in [-0.15, -0.1) is 11.3 Å². The monoisotopic (exact) mass is 378 g/mol. The molecule has 2 N–H and O–H groups in total. The fourth-order valence-corrected chi connectivity index (χ4v) is 4.37. The zero-order chi connectivity index (χ0) is 17.8. The third-order valence-corrected chi connectivity index (χ3v) is 5.80. The number of aromatic amines is 1. The standard InChI is InChI=1S/C18H22N2O3S2/c1-12-16(25-18(24)19-12)10-17(22)20-7-8-23-11-14(20)9-15(21)13-5-3-2-4-6-13/h2-6,14-15,21H,7-11H2,1H3,(H,19,24)/t14-,15+/m0/s1. The molecule has 1 aromatic heterocycles. The number of morpholine rings is 1. The molecule has 7 heteroatoms. The molecule has 2 heterocycles. The van der Waals surface area contributed by atoms with Crippen molar-refractivity contribution in [2.24, 2.45) is 0 Å². The second-order valence-electron chi connectivity index (χ2n) is 6.22. The first kappa shape index (κ1) is 18.3. The van der Waals surface area contributed by atoms with Crippen LogP contribution in [0.4, 0.5) is 0 Å². The van der Waals surface area contributed by atoms with Gasteiger partial charge in [0.2, 0.25) is 5.91 Å². The predicted molar refractivity (Wildman–Crippen MR) is 100 cm³/mol. The fraction of sp³-hybridized carbons (Fsp3) is 0.444. The SMILES string of the molecule is Cc1[nH]c(=S)sc1CC(=O)N1CCOC[C@@H]1C[C@@H](O)c1ccccc1. The lowest BCUT2D eigenvalue weighted by Gasteiger charge is -2.36. The van der Waals surface area contributed by atoms with Gasteiger partial charge in [0.1, 0.15) is 0 Å². The molecular formula is C18H22N2O3S2. The van der Waals surface area contributed by atoms with Crippen molar-refractivity contribution in [3.05, 3.63) is 50.4 Å². The fourth-order valence-electron chi connectivity index (χ4n) is 3.09. The number of ether oxygens (including phenoxy) is 1. The van der Waals surface area contributed by atoms with E-state index < -0.39 is 6.10 Å². The molecule has 25 heavy (non-hydrogen) atoms. The van der Waals surface area contributed by atoms with Crippen LogP contribution in [-0.2, 0) is 16.0 Å². The molecule has 1 amide bonds. The van der Waals surface area contributed by atoms with Gasteiger partial charge in [0.05, 0.1) is 31.8 Å². The van der Waals surface area contributed by atoms with Crippen molar-refractivity contribution in [3.63, 3.8) is 0 Å². The van der Waals surface area contributed by atoms with Gasteiger partial charge >= 0.3 is 0 Å². The Morgan fingerprint density at radius 1 is 1.48 bits per heavy atom. The van der Waals surface area contributed by atoms with Gasteiger partial charge in [-0.25, -0.2) is 0 Å². The topological polar surface area (TPSA) is 65.6 Å². The first-order valence-corrected chi connectivity index (χ1v) is 9.56.